The molecule has 0 spiro atoms. The van der Waals surface area contributed by atoms with Gasteiger partial charge in [0.1, 0.15) is 12.2 Å². The van der Waals surface area contributed by atoms with Gasteiger partial charge in [0.25, 0.3) is 0 Å². The number of fused-ring (bicyclic) bond motifs is 1. The second-order valence-corrected chi connectivity index (χ2v) is 5.90. The second-order valence-electron chi connectivity index (χ2n) is 5.90. The molecule has 2 saturated heterocycles. The Balaban J connectivity index is 0.000000181. The monoisotopic (exact) mass is 369 g/mol. The number of ether oxygens (including phenoxy) is 3. The lowest BCUT2D eigenvalue weighted by atomic mass is 10.0. The van der Waals surface area contributed by atoms with Crippen molar-refractivity contribution in [2.75, 3.05) is 18.8 Å². The van der Waals surface area contributed by atoms with Crippen LogP contribution in [0, 0.1) is 0 Å². The summed E-state index contributed by atoms with van der Waals surface area (Å²) >= 11 is 0. The van der Waals surface area contributed by atoms with Crippen LogP contribution in [0.15, 0.2) is 12.4 Å². The predicted octanol–water partition coefficient (Wildman–Crippen LogP) is 2.08. The van der Waals surface area contributed by atoms with Crippen molar-refractivity contribution in [1.82, 2.24) is 9.97 Å². The lowest BCUT2D eigenvalue weighted by Gasteiger charge is -2.29. The van der Waals surface area contributed by atoms with Gasteiger partial charge in [0.05, 0.1) is 25.1 Å². The van der Waals surface area contributed by atoms with Crippen molar-refractivity contribution in [2.24, 2.45) is 0 Å². The predicted molar refractivity (Wildman–Crippen MR) is 77.0 cm³/mol. The molecule has 11 heteroatoms. The summed E-state index contributed by atoms with van der Waals surface area (Å²) in [5, 5.41) is 9.05. The number of halogens is 4. The molecule has 7 nitrogen and oxygen atoms in total. The van der Waals surface area contributed by atoms with Crippen molar-refractivity contribution >= 4 is 5.82 Å². The molecule has 0 aliphatic carbocycles. The molecular formula is C14H19F4N3O4. The highest BCUT2D eigenvalue weighted by Crippen LogP contribution is 2.34. The Morgan fingerprint density at radius 1 is 1.32 bits per heavy atom. The smallest absolute Gasteiger partial charge is 0.394 e. The van der Waals surface area contributed by atoms with E-state index in [1.54, 1.807) is 0 Å². The van der Waals surface area contributed by atoms with Crippen LogP contribution < -0.4 is 5.54 Å². The van der Waals surface area contributed by atoms with Crippen LogP contribution in [0.25, 0.3) is 0 Å². The summed E-state index contributed by atoms with van der Waals surface area (Å²) in [5.41, 5.74) is -0.266. The fourth-order valence-electron chi connectivity index (χ4n) is 2.54. The number of nitrogens with one attached hydrogen (secondary N) is 1. The molecular weight excluding hydrogens is 350 g/mol. The van der Waals surface area contributed by atoms with Gasteiger partial charge in [-0.25, -0.2) is 10.5 Å². The van der Waals surface area contributed by atoms with Gasteiger partial charge in [0.2, 0.25) is 0 Å². The van der Waals surface area contributed by atoms with Crippen molar-refractivity contribution < 1.29 is 37.0 Å². The van der Waals surface area contributed by atoms with Gasteiger partial charge in [-0.3, -0.25) is 4.98 Å². The van der Waals surface area contributed by atoms with Gasteiger partial charge in [0, 0.05) is 6.61 Å². The molecule has 142 valence electrons. The molecule has 3 heterocycles. The highest BCUT2D eigenvalue weighted by molar-refractivity contribution is 5.28. The zero-order valence-corrected chi connectivity index (χ0v) is 13.6. The largest absolute Gasteiger partial charge is 0.434 e. The molecule has 2 aliphatic heterocycles. The summed E-state index contributed by atoms with van der Waals surface area (Å²) < 4.78 is 63.8. The summed E-state index contributed by atoms with van der Waals surface area (Å²) in [5.74, 6) is -1.10. The summed E-state index contributed by atoms with van der Waals surface area (Å²) in [6.45, 7) is 4.42. The zero-order valence-electron chi connectivity index (χ0n) is 13.6. The van der Waals surface area contributed by atoms with Crippen LogP contribution in [0.5, 0.6) is 0 Å². The van der Waals surface area contributed by atoms with Gasteiger partial charge < -0.3 is 19.3 Å². The molecule has 3 atom stereocenters. The van der Waals surface area contributed by atoms with Crippen molar-refractivity contribution in [3.8, 4) is 0 Å². The Bertz CT molecular complexity index is 573. The van der Waals surface area contributed by atoms with E-state index in [9.17, 15) is 17.7 Å². The summed E-state index contributed by atoms with van der Waals surface area (Å²) in [6.07, 6.45) is -2.63. The van der Waals surface area contributed by atoms with Crippen LogP contribution in [0.3, 0.4) is 0 Å². The molecule has 2 N–H and O–H groups in total. The number of rotatable bonds is 2. The van der Waals surface area contributed by atoms with Crippen LogP contribution in [0.2, 0.25) is 0 Å². The van der Waals surface area contributed by atoms with E-state index in [0.717, 1.165) is 18.2 Å². The van der Waals surface area contributed by atoms with Crippen LogP contribution in [-0.2, 0) is 20.4 Å². The summed E-state index contributed by atoms with van der Waals surface area (Å²) in [7, 11) is 0. The second kappa shape index (κ2) is 7.77. The van der Waals surface area contributed by atoms with E-state index in [-0.39, 0.29) is 24.9 Å². The van der Waals surface area contributed by atoms with E-state index in [0.29, 0.717) is 12.8 Å². The van der Waals surface area contributed by atoms with Crippen molar-refractivity contribution in [3.05, 3.63) is 18.1 Å². The number of aliphatic hydroxyl groups excluding tert-OH is 1. The molecule has 0 amide bonds. The summed E-state index contributed by atoms with van der Waals surface area (Å²) in [6, 6.07) is 0. The molecule has 2 fully saturated rings. The number of nitrogens with zero attached hydrogens (tertiary/aromatic N) is 2. The van der Waals surface area contributed by atoms with E-state index in [1.807, 2.05) is 13.8 Å². The molecule has 0 saturated carbocycles. The van der Waals surface area contributed by atoms with E-state index in [2.05, 4.69) is 9.97 Å². The third kappa shape index (κ3) is 5.21. The number of hydrogen-bond donors (Lipinski definition) is 2. The number of anilines is 1. The molecule has 2 aliphatic rings. The summed E-state index contributed by atoms with van der Waals surface area (Å²) in [4.78, 5) is 6.03. The third-order valence-corrected chi connectivity index (χ3v) is 3.52. The number of aliphatic hydroxyl groups is 1. The Morgan fingerprint density at radius 3 is 2.64 bits per heavy atom. The number of hydrogen-bond acceptors (Lipinski definition) is 7. The first-order chi connectivity index (χ1) is 11.7. The Morgan fingerprint density at radius 2 is 2.04 bits per heavy atom. The number of alkyl halides is 3. The average Bonchev–Trinajstić information content (AvgIpc) is 2.88. The molecule has 0 radical (unpaired) electrons. The molecule has 0 bridgehead atoms. The SMILES string of the molecule is CC1(C)OC2CCOC(CO)C2O1.FNc1cncc(C(F)(F)F)n1. The van der Waals surface area contributed by atoms with Gasteiger partial charge in [-0.05, 0) is 20.3 Å². The fourth-order valence-corrected chi connectivity index (χ4v) is 2.54. The fraction of sp³-hybridized carbons (Fsp3) is 0.714. The maximum Gasteiger partial charge on any atom is 0.434 e. The molecule has 0 aromatic carbocycles. The lowest BCUT2D eigenvalue weighted by molar-refractivity contribution is -0.157. The highest BCUT2D eigenvalue weighted by Gasteiger charge is 2.47. The maximum absolute atomic E-state index is 11.9. The highest BCUT2D eigenvalue weighted by atomic mass is 19.4. The van der Waals surface area contributed by atoms with Gasteiger partial charge in [0.15, 0.2) is 17.3 Å². The average molecular weight is 369 g/mol. The molecule has 1 aromatic rings. The van der Waals surface area contributed by atoms with E-state index >= 15 is 0 Å². The molecule has 3 unspecified atom stereocenters. The minimum Gasteiger partial charge on any atom is -0.394 e. The standard InChI is InChI=1S/C9H16O4.C5H3F4N3/c1-9(2)12-6-3-4-11-7(5-10)8(6)13-9;6-5(7,8)3-1-10-2-4(11-3)12-9/h6-8,10H,3-5H2,1-2H3;1-2H,(H,11,12). The first-order valence-corrected chi connectivity index (χ1v) is 7.50. The van der Waals surface area contributed by atoms with Crippen molar-refractivity contribution in [1.29, 1.82) is 0 Å². The van der Waals surface area contributed by atoms with E-state index in [1.165, 1.54) is 0 Å². The van der Waals surface area contributed by atoms with Crippen LogP contribution in [0.1, 0.15) is 26.0 Å². The Kier molecular flexibility index (Phi) is 6.14. The maximum atomic E-state index is 11.9. The van der Waals surface area contributed by atoms with Crippen molar-refractivity contribution in [2.45, 2.75) is 50.5 Å². The van der Waals surface area contributed by atoms with Gasteiger partial charge in [-0.1, -0.05) is 0 Å². The van der Waals surface area contributed by atoms with Crippen LogP contribution >= 0.6 is 0 Å². The van der Waals surface area contributed by atoms with Gasteiger partial charge in [-0.15, -0.1) is 4.48 Å². The topological polar surface area (TPSA) is 85.7 Å². The quantitative estimate of drug-likeness (QED) is 0.610. The minimum atomic E-state index is -4.60. The first kappa shape index (κ1) is 19.8. The van der Waals surface area contributed by atoms with Crippen molar-refractivity contribution in [3.63, 3.8) is 0 Å². The van der Waals surface area contributed by atoms with E-state index < -0.39 is 23.5 Å². The van der Waals surface area contributed by atoms with Gasteiger partial charge >= 0.3 is 6.18 Å². The lowest BCUT2D eigenvalue weighted by Crippen LogP contribution is -2.44. The van der Waals surface area contributed by atoms with Crippen LogP contribution in [0.4, 0.5) is 23.5 Å². The van der Waals surface area contributed by atoms with Crippen LogP contribution in [-0.4, -0.2) is 52.4 Å². The Hall–Kier alpha value is -1.56. The molecule has 25 heavy (non-hydrogen) atoms. The first-order valence-electron chi connectivity index (χ1n) is 7.50. The number of aromatic nitrogens is 2. The minimum absolute atomic E-state index is 0.000602. The van der Waals surface area contributed by atoms with E-state index in [4.69, 9.17) is 19.3 Å². The molecule has 1 aromatic heterocycles. The third-order valence-electron chi connectivity index (χ3n) is 3.52. The van der Waals surface area contributed by atoms with Gasteiger partial charge in [-0.2, -0.15) is 13.2 Å². The zero-order chi connectivity index (χ0) is 18.7. The Labute approximate surface area is 141 Å². The normalized spacial score (nSPS) is 27.9. The molecule has 3 rings (SSSR count).